The highest BCUT2D eigenvalue weighted by Gasteiger charge is 2.14. The average molecular weight is 248 g/mol. The van der Waals surface area contributed by atoms with Gasteiger partial charge in [0.1, 0.15) is 0 Å². The van der Waals surface area contributed by atoms with E-state index >= 15 is 0 Å². The van der Waals surface area contributed by atoms with Gasteiger partial charge >= 0.3 is 0 Å². The van der Waals surface area contributed by atoms with Crippen LogP contribution in [0, 0.1) is 6.92 Å². The van der Waals surface area contributed by atoms with Gasteiger partial charge in [-0.3, -0.25) is 4.79 Å². The maximum atomic E-state index is 11.5. The summed E-state index contributed by atoms with van der Waals surface area (Å²) in [6.45, 7) is 1.94. The molecule has 0 aliphatic rings. The number of nitrogens with zero attached hydrogens (tertiary/aromatic N) is 1. The fraction of sp³-hybridized carbons (Fsp3) is 0.375. The number of rotatable bonds is 1. The topological polar surface area (TPSA) is 20.3 Å². The van der Waals surface area contributed by atoms with Crippen LogP contribution in [0.4, 0.5) is 0 Å². The second-order valence-electron chi connectivity index (χ2n) is 2.74. The highest BCUT2D eigenvalue weighted by molar-refractivity contribution is 9.10. The molecule has 0 radical (unpaired) electrons. The molecular formula is C8H10BrNOS. The zero-order valence-electron chi connectivity index (χ0n) is 7.22. The molecule has 1 heterocycles. The summed E-state index contributed by atoms with van der Waals surface area (Å²) in [6.07, 6.45) is 0. The third-order valence-electron chi connectivity index (χ3n) is 1.58. The van der Waals surface area contributed by atoms with E-state index in [1.54, 1.807) is 19.0 Å². The minimum Gasteiger partial charge on any atom is -0.344 e. The van der Waals surface area contributed by atoms with E-state index in [1.807, 2.05) is 12.3 Å². The molecule has 2 nitrogen and oxygen atoms in total. The lowest BCUT2D eigenvalue weighted by molar-refractivity contribution is 0.0831. The Morgan fingerprint density at radius 2 is 2.17 bits per heavy atom. The number of hydrogen-bond donors (Lipinski definition) is 0. The molecule has 0 N–H and O–H groups in total. The molecule has 0 bridgehead atoms. The molecule has 0 unspecified atom stereocenters. The smallest absolute Gasteiger partial charge is 0.263 e. The summed E-state index contributed by atoms with van der Waals surface area (Å²) in [5.41, 5.74) is 1.03. The van der Waals surface area contributed by atoms with Gasteiger partial charge in [0.25, 0.3) is 5.91 Å². The van der Waals surface area contributed by atoms with Gasteiger partial charge in [-0.2, -0.15) is 0 Å². The predicted molar refractivity (Wildman–Crippen MR) is 54.8 cm³/mol. The zero-order valence-corrected chi connectivity index (χ0v) is 9.62. The van der Waals surface area contributed by atoms with Crippen molar-refractivity contribution in [2.45, 2.75) is 6.92 Å². The normalized spacial score (nSPS) is 10.0. The van der Waals surface area contributed by atoms with Crippen LogP contribution in [0.5, 0.6) is 0 Å². The molecule has 0 aromatic carbocycles. The van der Waals surface area contributed by atoms with Crippen LogP contribution in [0.25, 0.3) is 0 Å². The molecule has 0 aliphatic carbocycles. The van der Waals surface area contributed by atoms with Crippen LogP contribution in [0.3, 0.4) is 0 Å². The van der Waals surface area contributed by atoms with E-state index in [9.17, 15) is 4.79 Å². The molecule has 1 amide bonds. The van der Waals surface area contributed by atoms with E-state index in [2.05, 4.69) is 15.9 Å². The number of thiophene rings is 1. The van der Waals surface area contributed by atoms with E-state index in [0.29, 0.717) is 0 Å². The first-order chi connectivity index (χ1) is 5.54. The Kier molecular flexibility index (Phi) is 2.90. The molecule has 66 valence electrons. The third kappa shape index (κ3) is 1.69. The lowest BCUT2D eigenvalue weighted by atomic mass is 10.3. The molecule has 0 spiro atoms. The monoisotopic (exact) mass is 247 g/mol. The van der Waals surface area contributed by atoms with E-state index in [-0.39, 0.29) is 5.91 Å². The fourth-order valence-electron chi connectivity index (χ4n) is 0.810. The van der Waals surface area contributed by atoms with E-state index in [4.69, 9.17) is 0 Å². The van der Waals surface area contributed by atoms with Crippen LogP contribution in [-0.4, -0.2) is 24.9 Å². The number of halogens is 1. The summed E-state index contributed by atoms with van der Waals surface area (Å²) < 4.78 is 1.01. The van der Waals surface area contributed by atoms with Crippen LogP contribution in [0.2, 0.25) is 0 Å². The highest BCUT2D eigenvalue weighted by Crippen LogP contribution is 2.26. The quantitative estimate of drug-likeness (QED) is 0.747. The molecule has 0 atom stereocenters. The van der Waals surface area contributed by atoms with Crippen LogP contribution in [0.1, 0.15) is 15.2 Å². The lowest BCUT2D eigenvalue weighted by Gasteiger charge is -2.08. The van der Waals surface area contributed by atoms with Crippen molar-refractivity contribution in [3.8, 4) is 0 Å². The standard InChI is InChI=1S/C8H10BrNOS/c1-5-6(9)4-12-7(5)8(11)10(2)3/h4H,1-3H3. The van der Waals surface area contributed by atoms with Crippen LogP contribution >= 0.6 is 27.3 Å². The predicted octanol–water partition coefficient (Wildman–Crippen LogP) is 2.52. The van der Waals surface area contributed by atoms with Crippen molar-refractivity contribution in [3.63, 3.8) is 0 Å². The Bertz CT molecular complexity index is 306. The Morgan fingerprint density at radius 3 is 2.50 bits per heavy atom. The van der Waals surface area contributed by atoms with Gasteiger partial charge in [0, 0.05) is 23.9 Å². The van der Waals surface area contributed by atoms with Crippen LogP contribution in [0.15, 0.2) is 9.85 Å². The van der Waals surface area contributed by atoms with E-state index in [1.165, 1.54) is 11.3 Å². The largest absolute Gasteiger partial charge is 0.344 e. The first-order valence-corrected chi connectivity index (χ1v) is 5.16. The maximum Gasteiger partial charge on any atom is 0.263 e. The van der Waals surface area contributed by atoms with Crippen molar-refractivity contribution in [2.75, 3.05) is 14.1 Å². The Hall–Kier alpha value is -0.350. The maximum absolute atomic E-state index is 11.5. The minimum absolute atomic E-state index is 0.0724. The van der Waals surface area contributed by atoms with E-state index < -0.39 is 0 Å². The molecule has 1 aromatic heterocycles. The second kappa shape index (κ2) is 3.58. The molecule has 4 heteroatoms. The van der Waals surface area contributed by atoms with Crippen LogP contribution < -0.4 is 0 Å². The van der Waals surface area contributed by atoms with Crippen molar-refractivity contribution in [3.05, 3.63) is 20.3 Å². The van der Waals surface area contributed by atoms with Crippen molar-refractivity contribution in [1.29, 1.82) is 0 Å². The molecule has 1 rings (SSSR count). The number of carbonyl (C=O) groups excluding carboxylic acids is 1. The molecular weight excluding hydrogens is 238 g/mol. The van der Waals surface area contributed by atoms with E-state index in [0.717, 1.165) is 14.9 Å². The van der Waals surface area contributed by atoms with Gasteiger partial charge in [-0.1, -0.05) is 0 Å². The van der Waals surface area contributed by atoms with Crippen molar-refractivity contribution in [2.24, 2.45) is 0 Å². The van der Waals surface area contributed by atoms with Gasteiger partial charge in [-0.05, 0) is 28.4 Å². The van der Waals surface area contributed by atoms with Gasteiger partial charge in [-0.15, -0.1) is 11.3 Å². The van der Waals surface area contributed by atoms with Crippen molar-refractivity contribution in [1.82, 2.24) is 4.90 Å². The Morgan fingerprint density at radius 1 is 1.58 bits per heavy atom. The molecule has 12 heavy (non-hydrogen) atoms. The summed E-state index contributed by atoms with van der Waals surface area (Å²) in [6, 6.07) is 0. The first-order valence-electron chi connectivity index (χ1n) is 3.49. The van der Waals surface area contributed by atoms with Crippen molar-refractivity contribution < 1.29 is 4.79 Å². The van der Waals surface area contributed by atoms with Gasteiger partial charge in [-0.25, -0.2) is 0 Å². The number of carbonyl (C=O) groups is 1. The second-order valence-corrected chi connectivity index (χ2v) is 4.47. The van der Waals surface area contributed by atoms with Gasteiger partial charge in [0.2, 0.25) is 0 Å². The third-order valence-corrected chi connectivity index (χ3v) is 3.78. The summed E-state index contributed by atoms with van der Waals surface area (Å²) in [5, 5.41) is 1.94. The SMILES string of the molecule is Cc1c(Br)csc1C(=O)N(C)C. The van der Waals surface area contributed by atoms with Gasteiger partial charge < -0.3 is 4.90 Å². The molecule has 0 saturated carbocycles. The average Bonchev–Trinajstić information content (AvgIpc) is 2.32. The number of amides is 1. The van der Waals surface area contributed by atoms with Crippen molar-refractivity contribution >= 4 is 33.2 Å². The molecule has 1 aromatic rings. The summed E-state index contributed by atoms with van der Waals surface area (Å²) in [7, 11) is 3.52. The summed E-state index contributed by atoms with van der Waals surface area (Å²) in [5.74, 6) is 0.0724. The lowest BCUT2D eigenvalue weighted by Crippen LogP contribution is -2.21. The van der Waals surface area contributed by atoms with Gasteiger partial charge in [0.15, 0.2) is 0 Å². The number of hydrogen-bond acceptors (Lipinski definition) is 2. The fourth-order valence-corrected chi connectivity index (χ4v) is 2.39. The Labute approximate surface area is 84.3 Å². The summed E-state index contributed by atoms with van der Waals surface area (Å²) >= 11 is 4.85. The van der Waals surface area contributed by atoms with Gasteiger partial charge in [0.05, 0.1) is 4.88 Å². The zero-order chi connectivity index (χ0) is 9.30. The molecule has 0 aliphatic heterocycles. The minimum atomic E-state index is 0.0724. The van der Waals surface area contributed by atoms with Crippen LogP contribution in [-0.2, 0) is 0 Å². The molecule has 0 fully saturated rings. The summed E-state index contributed by atoms with van der Waals surface area (Å²) in [4.78, 5) is 13.9. The Balaban J connectivity index is 3.04. The molecule has 0 saturated heterocycles. The highest BCUT2D eigenvalue weighted by atomic mass is 79.9. The first kappa shape index (κ1) is 9.74.